The average molecular weight is 503 g/mol. The lowest BCUT2D eigenvalue weighted by Crippen LogP contribution is -2.32. The Kier molecular flexibility index (Phi) is 4.36. The number of aromatic carboxylic acids is 1. The Hall–Kier alpha value is -3.32. The molecule has 0 spiro atoms. The van der Waals surface area contributed by atoms with E-state index in [0.29, 0.717) is 27.8 Å². The Morgan fingerprint density at radius 3 is 2.52 bits per heavy atom. The summed E-state index contributed by atoms with van der Waals surface area (Å²) in [5.41, 5.74) is 3.74. The summed E-state index contributed by atoms with van der Waals surface area (Å²) in [6, 6.07) is 13.9. The van der Waals surface area contributed by atoms with E-state index in [1.165, 1.54) is 10.5 Å². The predicted molar refractivity (Wildman–Crippen MR) is 127 cm³/mol. The number of halogens is 1. The fourth-order valence-corrected chi connectivity index (χ4v) is 6.19. The summed E-state index contributed by atoms with van der Waals surface area (Å²) in [4.78, 5) is 44.1. The molecular formula is C26H19BrN2O4. The van der Waals surface area contributed by atoms with Crippen LogP contribution in [0.25, 0.3) is 22.2 Å². The third-order valence-corrected chi connectivity index (χ3v) is 7.80. The number of fused-ring (bicyclic) bond motifs is 6. The highest BCUT2D eigenvalue weighted by molar-refractivity contribution is 9.10. The molecule has 4 unspecified atom stereocenters. The zero-order chi connectivity index (χ0) is 23.0. The SMILES string of the molecule is CC1=CC2CC1C1C(=O)N(c3ccc(-c4cc(C(=O)O)c5cc(Br)ccc5n4)cc3)C(=O)C21. The van der Waals surface area contributed by atoms with Crippen LogP contribution in [0, 0.1) is 23.7 Å². The number of hydrogen-bond acceptors (Lipinski definition) is 4. The Morgan fingerprint density at radius 2 is 1.79 bits per heavy atom. The van der Waals surface area contributed by atoms with Gasteiger partial charge >= 0.3 is 5.97 Å². The minimum atomic E-state index is -1.03. The molecule has 6 nitrogen and oxygen atoms in total. The fraction of sp³-hybridized carbons (Fsp3) is 0.231. The van der Waals surface area contributed by atoms with Gasteiger partial charge in [0.05, 0.1) is 34.3 Å². The maximum absolute atomic E-state index is 13.2. The molecule has 1 aromatic heterocycles. The highest BCUT2D eigenvalue weighted by Crippen LogP contribution is 2.55. The highest BCUT2D eigenvalue weighted by atomic mass is 79.9. The van der Waals surface area contributed by atoms with Crippen molar-refractivity contribution < 1.29 is 19.5 Å². The van der Waals surface area contributed by atoms with Crippen molar-refractivity contribution in [3.8, 4) is 11.3 Å². The van der Waals surface area contributed by atoms with Gasteiger partial charge in [0.1, 0.15) is 0 Å². The molecule has 0 radical (unpaired) electrons. The summed E-state index contributed by atoms with van der Waals surface area (Å²) in [5, 5.41) is 10.3. The Labute approximate surface area is 198 Å². The van der Waals surface area contributed by atoms with E-state index in [9.17, 15) is 19.5 Å². The number of carboxylic acid groups (broad SMARTS) is 1. The first-order valence-electron chi connectivity index (χ1n) is 10.8. The molecule has 2 fully saturated rings. The van der Waals surface area contributed by atoms with E-state index in [2.05, 4.69) is 33.9 Å². The first kappa shape index (κ1) is 20.3. The lowest BCUT2D eigenvalue weighted by Gasteiger charge is -2.19. The molecule has 164 valence electrons. The Bertz CT molecular complexity index is 1410. The van der Waals surface area contributed by atoms with E-state index in [-0.39, 0.29) is 41.0 Å². The van der Waals surface area contributed by atoms with Crippen LogP contribution >= 0.6 is 15.9 Å². The van der Waals surface area contributed by atoms with Crippen LogP contribution in [0.3, 0.4) is 0 Å². The molecule has 2 bridgehead atoms. The van der Waals surface area contributed by atoms with Gasteiger partial charge in [-0.25, -0.2) is 9.78 Å². The minimum Gasteiger partial charge on any atom is -0.478 e. The van der Waals surface area contributed by atoms with Gasteiger partial charge in [-0.05, 0) is 61.6 Å². The molecule has 1 N–H and O–H groups in total. The monoisotopic (exact) mass is 502 g/mol. The van der Waals surface area contributed by atoms with Gasteiger partial charge in [-0.1, -0.05) is 39.7 Å². The Morgan fingerprint density at radius 1 is 1.06 bits per heavy atom. The molecule has 2 aromatic carbocycles. The number of imide groups is 1. The van der Waals surface area contributed by atoms with Gasteiger partial charge in [0.2, 0.25) is 11.8 Å². The number of rotatable bonds is 3. The molecule has 33 heavy (non-hydrogen) atoms. The van der Waals surface area contributed by atoms with Gasteiger partial charge in [0.15, 0.2) is 0 Å². The maximum atomic E-state index is 13.2. The second-order valence-electron chi connectivity index (χ2n) is 9.05. The van der Waals surface area contributed by atoms with Crippen molar-refractivity contribution in [1.29, 1.82) is 0 Å². The molecule has 2 amide bonds. The van der Waals surface area contributed by atoms with Gasteiger partial charge in [-0.3, -0.25) is 14.5 Å². The second-order valence-corrected chi connectivity index (χ2v) is 9.96. The van der Waals surface area contributed by atoms with Crippen LogP contribution < -0.4 is 4.90 Å². The molecule has 1 saturated carbocycles. The standard InChI is InChI=1S/C26H19BrN2O4/c1-12-8-14-9-17(12)23-22(14)24(30)29(25(23)31)16-5-2-13(3-6-16)21-11-19(26(32)33)18-10-15(27)4-7-20(18)28-21/h2-8,10-11,14,17,22-23H,9H2,1H3,(H,32,33). The number of anilines is 1. The van der Waals surface area contributed by atoms with Crippen molar-refractivity contribution in [2.45, 2.75) is 13.3 Å². The van der Waals surface area contributed by atoms with Gasteiger partial charge in [-0.15, -0.1) is 0 Å². The van der Waals surface area contributed by atoms with E-state index in [1.807, 2.05) is 6.07 Å². The number of nitrogens with zero attached hydrogens (tertiary/aromatic N) is 2. The number of pyridine rings is 1. The van der Waals surface area contributed by atoms with Crippen LogP contribution in [0.1, 0.15) is 23.7 Å². The summed E-state index contributed by atoms with van der Waals surface area (Å²) in [6.07, 6.45) is 3.06. The molecule has 7 heteroatoms. The summed E-state index contributed by atoms with van der Waals surface area (Å²) in [5.74, 6) is -1.40. The number of aromatic nitrogens is 1. The van der Waals surface area contributed by atoms with Crippen molar-refractivity contribution in [2.24, 2.45) is 23.7 Å². The number of carbonyl (C=O) groups excluding carboxylic acids is 2. The van der Waals surface area contributed by atoms with E-state index in [1.54, 1.807) is 42.5 Å². The smallest absolute Gasteiger partial charge is 0.336 e. The van der Waals surface area contributed by atoms with E-state index < -0.39 is 5.97 Å². The van der Waals surface area contributed by atoms with Crippen molar-refractivity contribution in [2.75, 3.05) is 4.90 Å². The van der Waals surface area contributed by atoms with Crippen LogP contribution in [0.2, 0.25) is 0 Å². The van der Waals surface area contributed by atoms with Crippen LogP contribution in [-0.2, 0) is 9.59 Å². The lowest BCUT2D eigenvalue weighted by atomic mass is 9.82. The summed E-state index contributed by atoms with van der Waals surface area (Å²) in [6.45, 7) is 2.05. The second kappa shape index (κ2) is 7.09. The summed E-state index contributed by atoms with van der Waals surface area (Å²) < 4.78 is 0.778. The van der Waals surface area contributed by atoms with Crippen LogP contribution in [0.4, 0.5) is 5.69 Å². The molecule has 3 aliphatic rings. The first-order valence-corrected chi connectivity index (χ1v) is 11.6. The number of amides is 2. The largest absolute Gasteiger partial charge is 0.478 e. The lowest BCUT2D eigenvalue weighted by molar-refractivity contribution is -0.123. The molecule has 6 rings (SSSR count). The number of carboxylic acids is 1. The van der Waals surface area contributed by atoms with E-state index in [0.717, 1.165) is 10.9 Å². The molecule has 1 aliphatic heterocycles. The Balaban J connectivity index is 1.35. The fourth-order valence-electron chi connectivity index (χ4n) is 5.83. The maximum Gasteiger partial charge on any atom is 0.336 e. The quantitative estimate of drug-likeness (QED) is 0.399. The minimum absolute atomic E-state index is 0.111. The van der Waals surface area contributed by atoms with Gasteiger partial charge in [-0.2, -0.15) is 0 Å². The molecule has 2 aliphatic carbocycles. The zero-order valence-corrected chi connectivity index (χ0v) is 19.2. The van der Waals surface area contributed by atoms with E-state index >= 15 is 0 Å². The topological polar surface area (TPSA) is 87.6 Å². The first-order chi connectivity index (χ1) is 15.8. The van der Waals surface area contributed by atoms with Crippen LogP contribution in [0.15, 0.2) is 64.7 Å². The number of allylic oxidation sites excluding steroid dienone is 2. The van der Waals surface area contributed by atoms with Crippen LogP contribution in [0.5, 0.6) is 0 Å². The molecule has 4 atom stereocenters. The van der Waals surface area contributed by atoms with Crippen molar-refractivity contribution in [1.82, 2.24) is 4.98 Å². The molecule has 3 aromatic rings. The van der Waals surface area contributed by atoms with Crippen molar-refractivity contribution in [3.05, 3.63) is 70.2 Å². The van der Waals surface area contributed by atoms with Crippen molar-refractivity contribution in [3.63, 3.8) is 0 Å². The third-order valence-electron chi connectivity index (χ3n) is 7.30. The van der Waals surface area contributed by atoms with Gasteiger partial charge in [0.25, 0.3) is 0 Å². The summed E-state index contributed by atoms with van der Waals surface area (Å²) >= 11 is 3.38. The van der Waals surface area contributed by atoms with Crippen LogP contribution in [-0.4, -0.2) is 27.9 Å². The van der Waals surface area contributed by atoms with E-state index in [4.69, 9.17) is 0 Å². The van der Waals surface area contributed by atoms with Gasteiger partial charge < -0.3 is 5.11 Å². The third kappa shape index (κ3) is 2.92. The average Bonchev–Trinajstić information content (AvgIpc) is 3.43. The van der Waals surface area contributed by atoms with Crippen molar-refractivity contribution >= 4 is 50.3 Å². The zero-order valence-electron chi connectivity index (χ0n) is 17.7. The predicted octanol–water partition coefficient (Wildman–Crippen LogP) is 5.06. The number of carbonyl (C=O) groups is 3. The molecule has 1 saturated heterocycles. The number of hydrogen-bond donors (Lipinski definition) is 1. The normalized spacial score (nSPS) is 25.6. The number of benzene rings is 2. The van der Waals surface area contributed by atoms with Gasteiger partial charge in [0, 0.05) is 15.4 Å². The summed E-state index contributed by atoms with van der Waals surface area (Å²) in [7, 11) is 0. The molecule has 2 heterocycles. The highest BCUT2D eigenvalue weighted by Gasteiger charge is 2.60. The molecular weight excluding hydrogens is 484 g/mol.